The number of halogens is 1. The molecule has 5 N–H and O–H groups in total. The molecule has 0 aromatic heterocycles. The van der Waals surface area contributed by atoms with Crippen molar-refractivity contribution in [3.8, 4) is 5.75 Å². The van der Waals surface area contributed by atoms with E-state index in [9.17, 15) is 4.79 Å². The Morgan fingerprint density at radius 2 is 1.96 bits per heavy atom. The summed E-state index contributed by atoms with van der Waals surface area (Å²) >= 11 is 6.17. The molecule has 0 aliphatic carbocycles. The number of amides is 1. The van der Waals surface area contributed by atoms with Gasteiger partial charge in [-0.05, 0) is 18.6 Å². The van der Waals surface area contributed by atoms with Gasteiger partial charge in [0.05, 0.1) is 6.04 Å². The second-order valence-corrected chi connectivity index (χ2v) is 5.96. The van der Waals surface area contributed by atoms with Crippen LogP contribution in [0.4, 0.5) is 0 Å². The van der Waals surface area contributed by atoms with E-state index < -0.39 is 0 Å². The van der Waals surface area contributed by atoms with Gasteiger partial charge in [-0.15, -0.1) is 0 Å². The first kappa shape index (κ1) is 16.7. The fourth-order valence-corrected chi connectivity index (χ4v) is 2.89. The molecule has 126 valence electrons. The minimum Gasteiger partial charge on any atom is -0.489 e. The zero-order chi connectivity index (χ0) is 16.9. The minimum absolute atomic E-state index is 0.0465. The zero-order valence-electron chi connectivity index (χ0n) is 13.0. The number of hydrazine groups is 2. The molecule has 1 saturated heterocycles. The summed E-state index contributed by atoms with van der Waals surface area (Å²) in [4.78, 5) is 11.6. The summed E-state index contributed by atoms with van der Waals surface area (Å²) < 4.78 is 5.96. The highest BCUT2D eigenvalue weighted by molar-refractivity contribution is 6.31. The van der Waals surface area contributed by atoms with Gasteiger partial charge in [-0.1, -0.05) is 48.0 Å². The van der Waals surface area contributed by atoms with Crippen molar-refractivity contribution in [1.29, 1.82) is 0 Å². The van der Waals surface area contributed by atoms with E-state index in [-0.39, 0.29) is 18.0 Å². The standard InChI is InChI=1S/C17H19ClN4O2/c18-13-7-3-1-5-11(13)10-24-16-8-4-2-6-12(16)14-9-15(22-21-14)17(23)20-19/h1-8,14-15,21-22H,9-10,19H2,(H,20,23). The summed E-state index contributed by atoms with van der Waals surface area (Å²) in [6.07, 6.45) is 0.579. The van der Waals surface area contributed by atoms with Crippen molar-refractivity contribution < 1.29 is 9.53 Å². The number of hydrogen-bond donors (Lipinski definition) is 4. The van der Waals surface area contributed by atoms with Crippen molar-refractivity contribution in [2.24, 2.45) is 5.84 Å². The molecule has 1 heterocycles. The number of nitrogens with one attached hydrogen (secondary N) is 3. The molecule has 1 fully saturated rings. The SMILES string of the molecule is NNC(=O)C1CC(c2ccccc2OCc2ccccc2Cl)NN1. The number of ether oxygens (including phenoxy) is 1. The van der Waals surface area contributed by atoms with Gasteiger partial charge in [0.1, 0.15) is 18.4 Å². The van der Waals surface area contributed by atoms with Gasteiger partial charge in [-0.3, -0.25) is 10.2 Å². The van der Waals surface area contributed by atoms with Crippen molar-refractivity contribution >= 4 is 17.5 Å². The lowest BCUT2D eigenvalue weighted by atomic mass is 10.0. The van der Waals surface area contributed by atoms with E-state index in [4.69, 9.17) is 22.2 Å². The molecule has 2 unspecified atom stereocenters. The fourth-order valence-electron chi connectivity index (χ4n) is 2.70. The van der Waals surface area contributed by atoms with Gasteiger partial charge in [-0.2, -0.15) is 0 Å². The monoisotopic (exact) mass is 346 g/mol. The topological polar surface area (TPSA) is 88.4 Å². The Hall–Kier alpha value is -2.12. The van der Waals surface area contributed by atoms with Gasteiger partial charge in [0.2, 0.25) is 0 Å². The van der Waals surface area contributed by atoms with Crippen LogP contribution in [0.5, 0.6) is 5.75 Å². The van der Waals surface area contributed by atoms with Crippen LogP contribution in [0.1, 0.15) is 23.6 Å². The maximum Gasteiger partial charge on any atom is 0.252 e. The van der Waals surface area contributed by atoms with Gasteiger partial charge in [0.25, 0.3) is 5.91 Å². The molecule has 2 atom stereocenters. The molecule has 24 heavy (non-hydrogen) atoms. The molecular weight excluding hydrogens is 328 g/mol. The molecule has 0 saturated carbocycles. The molecule has 1 aliphatic rings. The van der Waals surface area contributed by atoms with Crippen LogP contribution in [-0.2, 0) is 11.4 Å². The Morgan fingerprint density at radius 1 is 1.21 bits per heavy atom. The molecule has 0 bridgehead atoms. The molecule has 2 aromatic carbocycles. The number of rotatable bonds is 5. The summed E-state index contributed by atoms with van der Waals surface area (Å²) in [5.41, 5.74) is 10.1. The average molecular weight is 347 g/mol. The van der Waals surface area contributed by atoms with Crippen LogP contribution in [0.25, 0.3) is 0 Å². The van der Waals surface area contributed by atoms with E-state index in [2.05, 4.69) is 16.3 Å². The van der Waals surface area contributed by atoms with E-state index in [0.29, 0.717) is 18.1 Å². The maximum atomic E-state index is 11.6. The number of hydrogen-bond acceptors (Lipinski definition) is 5. The van der Waals surface area contributed by atoms with E-state index >= 15 is 0 Å². The van der Waals surface area contributed by atoms with Crippen LogP contribution in [-0.4, -0.2) is 11.9 Å². The first-order valence-corrected chi connectivity index (χ1v) is 8.03. The number of nitrogens with two attached hydrogens (primary N) is 1. The second-order valence-electron chi connectivity index (χ2n) is 5.56. The third-order valence-corrected chi connectivity index (χ3v) is 4.37. The van der Waals surface area contributed by atoms with E-state index in [1.807, 2.05) is 48.5 Å². The Kier molecular flexibility index (Phi) is 5.32. The smallest absolute Gasteiger partial charge is 0.252 e. The summed E-state index contributed by atoms with van der Waals surface area (Å²) in [5.74, 6) is 5.69. The Morgan fingerprint density at radius 3 is 2.75 bits per heavy atom. The third kappa shape index (κ3) is 3.68. The van der Waals surface area contributed by atoms with Gasteiger partial charge in [0.15, 0.2) is 0 Å². The van der Waals surface area contributed by atoms with Crippen molar-refractivity contribution in [2.45, 2.75) is 25.1 Å². The number of carbonyl (C=O) groups excluding carboxylic acids is 1. The van der Waals surface area contributed by atoms with Gasteiger partial charge in [0, 0.05) is 16.1 Å². The highest BCUT2D eigenvalue weighted by atomic mass is 35.5. The van der Waals surface area contributed by atoms with Crippen LogP contribution in [0, 0.1) is 0 Å². The van der Waals surface area contributed by atoms with Crippen molar-refractivity contribution in [3.63, 3.8) is 0 Å². The summed E-state index contributed by atoms with van der Waals surface area (Å²) in [6, 6.07) is 14.9. The highest BCUT2D eigenvalue weighted by Crippen LogP contribution is 2.31. The van der Waals surface area contributed by atoms with E-state index in [0.717, 1.165) is 16.9 Å². The number of para-hydroxylation sites is 1. The first-order valence-electron chi connectivity index (χ1n) is 7.65. The molecule has 3 rings (SSSR count). The predicted octanol–water partition coefficient (Wildman–Crippen LogP) is 1.82. The fraction of sp³-hybridized carbons (Fsp3) is 0.235. The quantitative estimate of drug-likeness (QED) is 0.377. The molecular formula is C17H19ClN4O2. The Labute approximate surface area is 145 Å². The molecule has 0 spiro atoms. The molecule has 1 amide bonds. The van der Waals surface area contributed by atoms with Gasteiger partial charge in [-0.25, -0.2) is 16.7 Å². The molecule has 7 heteroatoms. The summed E-state index contributed by atoms with van der Waals surface area (Å²) in [7, 11) is 0. The average Bonchev–Trinajstić information content (AvgIpc) is 3.10. The van der Waals surface area contributed by atoms with Crippen LogP contribution in [0.15, 0.2) is 48.5 Å². The molecule has 2 aromatic rings. The molecule has 6 nitrogen and oxygen atoms in total. The molecule has 1 aliphatic heterocycles. The van der Waals surface area contributed by atoms with Crippen LogP contribution < -0.4 is 26.9 Å². The number of carbonyl (C=O) groups is 1. The normalized spacial score (nSPS) is 19.9. The lowest BCUT2D eigenvalue weighted by Gasteiger charge is -2.16. The maximum absolute atomic E-state index is 11.6. The van der Waals surface area contributed by atoms with E-state index in [1.165, 1.54) is 0 Å². The lowest BCUT2D eigenvalue weighted by Crippen LogP contribution is -2.45. The largest absolute Gasteiger partial charge is 0.489 e. The Balaban J connectivity index is 1.72. The lowest BCUT2D eigenvalue weighted by molar-refractivity contribution is -0.122. The number of benzene rings is 2. The van der Waals surface area contributed by atoms with Gasteiger partial charge < -0.3 is 4.74 Å². The summed E-state index contributed by atoms with van der Waals surface area (Å²) in [5, 5.41) is 0.676. The van der Waals surface area contributed by atoms with Crippen molar-refractivity contribution in [3.05, 3.63) is 64.7 Å². The summed E-state index contributed by atoms with van der Waals surface area (Å²) in [6.45, 7) is 0.379. The van der Waals surface area contributed by atoms with Crippen LogP contribution >= 0.6 is 11.6 Å². The minimum atomic E-state index is -0.378. The zero-order valence-corrected chi connectivity index (χ0v) is 13.7. The highest BCUT2D eigenvalue weighted by Gasteiger charge is 2.31. The van der Waals surface area contributed by atoms with Crippen LogP contribution in [0.3, 0.4) is 0 Å². The third-order valence-electron chi connectivity index (χ3n) is 4.00. The van der Waals surface area contributed by atoms with E-state index in [1.54, 1.807) is 0 Å². The van der Waals surface area contributed by atoms with Crippen molar-refractivity contribution in [1.82, 2.24) is 16.3 Å². The van der Waals surface area contributed by atoms with Gasteiger partial charge >= 0.3 is 0 Å². The predicted molar refractivity (Wildman–Crippen MR) is 92.0 cm³/mol. The second kappa shape index (κ2) is 7.63. The van der Waals surface area contributed by atoms with Crippen molar-refractivity contribution in [2.75, 3.05) is 0 Å². The first-order chi connectivity index (χ1) is 11.7. The molecule has 0 radical (unpaired) electrons. The Bertz CT molecular complexity index is 725. The van der Waals surface area contributed by atoms with Crippen LogP contribution in [0.2, 0.25) is 5.02 Å².